The molecule has 0 saturated carbocycles. The fourth-order valence-electron chi connectivity index (χ4n) is 2.85. The molecule has 0 aromatic heterocycles. The Kier molecular flexibility index (Phi) is 12.2. The second-order valence-electron chi connectivity index (χ2n) is 7.81. The lowest BCUT2D eigenvalue weighted by atomic mass is 10.0. The summed E-state index contributed by atoms with van der Waals surface area (Å²) < 4.78 is 0. The van der Waals surface area contributed by atoms with Gasteiger partial charge in [-0.15, -0.1) is 0 Å². The average molecular weight is 485 g/mol. The van der Waals surface area contributed by atoms with Gasteiger partial charge in [-0.3, -0.25) is 14.4 Å². The number of carboxylic acids is 1. The third kappa shape index (κ3) is 9.49. The smallest absolute Gasteiger partial charge is 0.326 e. The van der Waals surface area contributed by atoms with Crippen LogP contribution in [0.15, 0.2) is 30.3 Å². The molecule has 0 spiro atoms. The molecule has 178 valence electrons. The number of hydrogen-bond acceptors (Lipinski definition) is 7. The normalized spacial score (nSPS) is 14.7. The molecule has 0 bridgehead atoms. The predicted octanol–water partition coefficient (Wildman–Crippen LogP) is 0.00110. The Morgan fingerprint density at radius 3 is 1.91 bits per heavy atom. The number of carbonyl (C=O) groups is 4. The molecule has 6 N–H and O–H groups in total. The summed E-state index contributed by atoms with van der Waals surface area (Å²) in [6.07, 6.45) is 0.409. The zero-order chi connectivity index (χ0) is 24.3. The Labute approximate surface area is 199 Å². The van der Waals surface area contributed by atoms with E-state index in [1.807, 2.05) is 19.9 Å². The summed E-state index contributed by atoms with van der Waals surface area (Å²) >= 11 is 8.12. The standard InChI is InChI=1S/C21H32N4O5S2/c1-12(2)8-16(21(29)30)24-20(28)17(11-32)25-19(27)15(23-18(26)14(22)10-31)9-13-6-4-3-5-7-13/h3-7,12,14-17,31-32H,8-11,22H2,1-2H3,(H,23,26)(H,24,28)(H,25,27)(H,29,30). The molecule has 0 heterocycles. The summed E-state index contributed by atoms with van der Waals surface area (Å²) in [7, 11) is 0. The maximum Gasteiger partial charge on any atom is 0.326 e. The lowest BCUT2D eigenvalue weighted by molar-refractivity contribution is -0.142. The molecule has 9 nitrogen and oxygen atoms in total. The van der Waals surface area contributed by atoms with Crippen molar-refractivity contribution in [2.75, 3.05) is 11.5 Å². The molecule has 0 radical (unpaired) electrons. The number of carbonyl (C=O) groups excluding carboxylic acids is 3. The van der Waals surface area contributed by atoms with Crippen LogP contribution in [-0.2, 0) is 25.6 Å². The molecule has 0 aliphatic heterocycles. The van der Waals surface area contributed by atoms with Crippen LogP contribution in [0.5, 0.6) is 0 Å². The highest BCUT2D eigenvalue weighted by atomic mass is 32.1. The van der Waals surface area contributed by atoms with Gasteiger partial charge in [0.15, 0.2) is 0 Å². The van der Waals surface area contributed by atoms with Crippen LogP contribution < -0.4 is 21.7 Å². The van der Waals surface area contributed by atoms with Gasteiger partial charge in [-0.05, 0) is 17.9 Å². The largest absolute Gasteiger partial charge is 0.480 e. The molecule has 1 rings (SSSR count). The second-order valence-corrected chi connectivity index (χ2v) is 8.54. The van der Waals surface area contributed by atoms with E-state index in [4.69, 9.17) is 5.73 Å². The molecule has 0 saturated heterocycles. The predicted molar refractivity (Wildman–Crippen MR) is 129 cm³/mol. The zero-order valence-corrected chi connectivity index (χ0v) is 19.9. The maximum atomic E-state index is 12.9. The van der Waals surface area contributed by atoms with Crippen molar-refractivity contribution in [1.82, 2.24) is 16.0 Å². The topological polar surface area (TPSA) is 151 Å². The van der Waals surface area contributed by atoms with Crippen molar-refractivity contribution in [2.24, 2.45) is 11.7 Å². The quantitative estimate of drug-likeness (QED) is 0.196. The van der Waals surface area contributed by atoms with Gasteiger partial charge in [0.05, 0.1) is 6.04 Å². The molecule has 1 aromatic carbocycles. The van der Waals surface area contributed by atoms with E-state index in [1.165, 1.54) is 0 Å². The van der Waals surface area contributed by atoms with Crippen LogP contribution in [0.4, 0.5) is 0 Å². The van der Waals surface area contributed by atoms with Crippen molar-refractivity contribution in [3.05, 3.63) is 35.9 Å². The first kappa shape index (κ1) is 27.8. The minimum atomic E-state index is -1.16. The van der Waals surface area contributed by atoms with E-state index < -0.39 is 47.9 Å². The minimum absolute atomic E-state index is 0.0435. The highest BCUT2D eigenvalue weighted by Crippen LogP contribution is 2.07. The average Bonchev–Trinajstić information content (AvgIpc) is 2.75. The van der Waals surface area contributed by atoms with E-state index >= 15 is 0 Å². The van der Waals surface area contributed by atoms with Gasteiger partial charge in [0.2, 0.25) is 17.7 Å². The van der Waals surface area contributed by atoms with Crippen molar-refractivity contribution in [1.29, 1.82) is 0 Å². The maximum absolute atomic E-state index is 12.9. The summed E-state index contributed by atoms with van der Waals surface area (Å²) in [6.45, 7) is 3.68. The van der Waals surface area contributed by atoms with Crippen LogP contribution in [0.25, 0.3) is 0 Å². The van der Waals surface area contributed by atoms with Crippen LogP contribution in [0, 0.1) is 5.92 Å². The summed E-state index contributed by atoms with van der Waals surface area (Å²) in [6, 6.07) is 4.95. The number of nitrogens with two attached hydrogens (primary N) is 1. The summed E-state index contributed by atoms with van der Waals surface area (Å²) in [4.78, 5) is 49.3. The molecule has 11 heteroatoms. The molecule has 32 heavy (non-hydrogen) atoms. The number of benzene rings is 1. The Morgan fingerprint density at radius 2 is 1.41 bits per heavy atom. The van der Waals surface area contributed by atoms with Crippen LogP contribution in [0.1, 0.15) is 25.8 Å². The Bertz CT molecular complexity index is 779. The SMILES string of the molecule is CC(C)CC(NC(=O)C(CS)NC(=O)C(Cc1ccccc1)NC(=O)C(N)CS)C(=O)O. The number of carboxylic acid groups (broad SMARTS) is 1. The number of hydrogen-bond donors (Lipinski definition) is 7. The number of amides is 3. The van der Waals surface area contributed by atoms with Crippen molar-refractivity contribution in [3.63, 3.8) is 0 Å². The van der Waals surface area contributed by atoms with Crippen molar-refractivity contribution >= 4 is 48.9 Å². The lowest BCUT2D eigenvalue weighted by Crippen LogP contribution is -2.58. The molecule has 0 aliphatic carbocycles. The van der Waals surface area contributed by atoms with Gasteiger partial charge in [-0.2, -0.15) is 25.3 Å². The molecular weight excluding hydrogens is 452 g/mol. The Morgan fingerprint density at radius 1 is 0.875 bits per heavy atom. The third-order valence-electron chi connectivity index (χ3n) is 4.59. The van der Waals surface area contributed by atoms with Gasteiger partial charge in [0.25, 0.3) is 0 Å². The van der Waals surface area contributed by atoms with Crippen molar-refractivity contribution < 1.29 is 24.3 Å². The third-order valence-corrected chi connectivity index (χ3v) is 5.34. The van der Waals surface area contributed by atoms with E-state index in [9.17, 15) is 24.3 Å². The van der Waals surface area contributed by atoms with Crippen LogP contribution in [0.2, 0.25) is 0 Å². The zero-order valence-electron chi connectivity index (χ0n) is 18.2. The number of rotatable bonds is 13. The van der Waals surface area contributed by atoms with Crippen LogP contribution in [-0.4, -0.2) is 64.5 Å². The first-order valence-corrected chi connectivity index (χ1v) is 11.5. The van der Waals surface area contributed by atoms with Gasteiger partial charge in [0, 0.05) is 17.9 Å². The Balaban J connectivity index is 2.94. The van der Waals surface area contributed by atoms with Gasteiger partial charge in [0.1, 0.15) is 18.1 Å². The van der Waals surface area contributed by atoms with E-state index in [0.717, 1.165) is 5.56 Å². The molecule has 4 unspecified atom stereocenters. The first-order chi connectivity index (χ1) is 15.1. The number of thiol groups is 2. The Hall–Kier alpha value is -2.24. The lowest BCUT2D eigenvalue weighted by Gasteiger charge is -2.24. The summed E-state index contributed by atoms with van der Waals surface area (Å²) in [5.74, 6) is -2.91. The van der Waals surface area contributed by atoms with Gasteiger partial charge in [-0.25, -0.2) is 4.79 Å². The molecule has 0 fully saturated rings. The van der Waals surface area contributed by atoms with E-state index in [0.29, 0.717) is 0 Å². The molecule has 4 atom stereocenters. The molecule has 1 aromatic rings. The monoisotopic (exact) mass is 484 g/mol. The van der Waals surface area contributed by atoms with Crippen LogP contribution in [0.3, 0.4) is 0 Å². The second kappa shape index (κ2) is 14.0. The van der Waals surface area contributed by atoms with Crippen LogP contribution >= 0.6 is 25.3 Å². The minimum Gasteiger partial charge on any atom is -0.480 e. The van der Waals surface area contributed by atoms with Crippen molar-refractivity contribution in [3.8, 4) is 0 Å². The highest BCUT2D eigenvalue weighted by Gasteiger charge is 2.30. The van der Waals surface area contributed by atoms with E-state index in [-0.39, 0.29) is 30.3 Å². The molecular formula is C21H32N4O5S2. The van der Waals surface area contributed by atoms with Gasteiger partial charge in [-0.1, -0.05) is 44.2 Å². The van der Waals surface area contributed by atoms with Gasteiger partial charge >= 0.3 is 5.97 Å². The highest BCUT2D eigenvalue weighted by molar-refractivity contribution is 7.80. The fraction of sp³-hybridized carbons (Fsp3) is 0.524. The summed E-state index contributed by atoms with van der Waals surface area (Å²) in [5.41, 5.74) is 6.50. The summed E-state index contributed by atoms with van der Waals surface area (Å²) in [5, 5.41) is 16.9. The van der Waals surface area contributed by atoms with Crippen molar-refractivity contribution in [2.45, 2.75) is 50.9 Å². The molecule has 3 amide bonds. The fourth-order valence-corrected chi connectivity index (χ4v) is 3.28. The van der Waals surface area contributed by atoms with E-state index in [1.54, 1.807) is 24.3 Å². The van der Waals surface area contributed by atoms with E-state index in [2.05, 4.69) is 41.2 Å². The van der Waals surface area contributed by atoms with Gasteiger partial charge < -0.3 is 26.8 Å². The molecule has 0 aliphatic rings. The first-order valence-electron chi connectivity index (χ1n) is 10.2. The number of aliphatic carboxylic acids is 1. The number of nitrogens with one attached hydrogen (secondary N) is 3.